The van der Waals surface area contributed by atoms with E-state index >= 15 is 0 Å². The Labute approximate surface area is 130 Å². The van der Waals surface area contributed by atoms with E-state index in [1.165, 1.54) is 31.2 Å². The van der Waals surface area contributed by atoms with Gasteiger partial charge in [-0.2, -0.15) is 0 Å². The van der Waals surface area contributed by atoms with E-state index < -0.39 is 4.92 Å². The summed E-state index contributed by atoms with van der Waals surface area (Å²) in [6.45, 7) is 0. The van der Waals surface area contributed by atoms with Crippen LogP contribution in [0, 0.1) is 10.1 Å². The third-order valence-corrected chi connectivity index (χ3v) is 3.85. The van der Waals surface area contributed by atoms with Crippen LogP contribution in [0.5, 0.6) is 0 Å². The van der Waals surface area contributed by atoms with Crippen LogP contribution < -0.4 is 0 Å². The van der Waals surface area contributed by atoms with Crippen LogP contribution >= 0.6 is 23.4 Å². The van der Waals surface area contributed by atoms with E-state index in [4.69, 9.17) is 11.6 Å². The van der Waals surface area contributed by atoms with Crippen molar-refractivity contribution < 1.29 is 9.76 Å². The number of rotatable bonds is 5. The molecule has 2 aromatic carbocycles. The van der Waals surface area contributed by atoms with Gasteiger partial charge in [-0.3, -0.25) is 10.1 Å². The highest BCUT2D eigenvalue weighted by Gasteiger charge is 2.15. The van der Waals surface area contributed by atoms with Gasteiger partial charge in [0.05, 0.1) is 16.0 Å². The lowest BCUT2D eigenvalue weighted by Crippen LogP contribution is -1.93. The van der Waals surface area contributed by atoms with Gasteiger partial charge in [0, 0.05) is 21.5 Å². The van der Waals surface area contributed by atoms with Crippen LogP contribution in [0.4, 0.5) is 5.69 Å². The first-order valence-corrected chi connectivity index (χ1v) is 7.08. The summed E-state index contributed by atoms with van der Waals surface area (Å²) in [5.74, 6) is 0. The summed E-state index contributed by atoms with van der Waals surface area (Å²) < 4.78 is 0. The van der Waals surface area contributed by atoms with Crippen molar-refractivity contribution >= 4 is 35.3 Å². The first kappa shape index (κ1) is 15.3. The molecule has 21 heavy (non-hydrogen) atoms. The van der Waals surface area contributed by atoms with Crippen LogP contribution in [0.25, 0.3) is 0 Å². The molecule has 0 fully saturated rings. The second-order valence-electron chi connectivity index (χ2n) is 3.96. The monoisotopic (exact) mass is 322 g/mol. The summed E-state index contributed by atoms with van der Waals surface area (Å²) in [7, 11) is 1.41. The molecule has 5 nitrogen and oxygen atoms in total. The van der Waals surface area contributed by atoms with Crippen molar-refractivity contribution in [3.8, 4) is 0 Å². The predicted molar refractivity (Wildman–Crippen MR) is 83.3 cm³/mol. The van der Waals surface area contributed by atoms with Gasteiger partial charge in [0.2, 0.25) is 0 Å². The summed E-state index contributed by atoms with van der Waals surface area (Å²) in [5.41, 5.74) is 0.624. The zero-order valence-electron chi connectivity index (χ0n) is 11.0. The standard InChI is InChI=1S/C14H11ClN2O3S/c1-20-16-9-10-2-7-14(13(8-10)17(18)19)21-12-5-3-11(15)4-6-12/h2-9H,1H3. The second-order valence-corrected chi connectivity index (χ2v) is 5.51. The molecule has 0 bridgehead atoms. The number of hydrogen-bond donors (Lipinski definition) is 0. The highest BCUT2D eigenvalue weighted by atomic mass is 35.5. The minimum Gasteiger partial charge on any atom is -0.399 e. The Morgan fingerprint density at radius 3 is 2.62 bits per heavy atom. The molecule has 0 saturated heterocycles. The third kappa shape index (κ3) is 4.21. The lowest BCUT2D eigenvalue weighted by molar-refractivity contribution is -0.387. The number of hydrogen-bond acceptors (Lipinski definition) is 5. The fraction of sp³-hybridized carbons (Fsp3) is 0.0714. The molecular weight excluding hydrogens is 312 g/mol. The largest absolute Gasteiger partial charge is 0.399 e. The topological polar surface area (TPSA) is 64.7 Å². The van der Waals surface area contributed by atoms with Gasteiger partial charge in [-0.05, 0) is 30.3 Å². The summed E-state index contributed by atoms with van der Waals surface area (Å²) in [4.78, 5) is 16.8. The number of nitro groups is 1. The Morgan fingerprint density at radius 2 is 2.00 bits per heavy atom. The van der Waals surface area contributed by atoms with Crippen molar-refractivity contribution in [3.05, 3.63) is 63.2 Å². The first-order valence-electron chi connectivity index (χ1n) is 5.88. The maximum Gasteiger partial charge on any atom is 0.283 e. The molecular formula is C14H11ClN2O3S. The Bertz CT molecular complexity index is 674. The highest BCUT2D eigenvalue weighted by Crippen LogP contribution is 2.35. The van der Waals surface area contributed by atoms with E-state index in [-0.39, 0.29) is 5.69 Å². The molecule has 108 valence electrons. The molecule has 0 atom stereocenters. The van der Waals surface area contributed by atoms with Gasteiger partial charge in [0.25, 0.3) is 5.69 Å². The van der Waals surface area contributed by atoms with E-state index in [0.717, 1.165) is 4.90 Å². The number of oxime groups is 1. The fourth-order valence-corrected chi connectivity index (χ4v) is 2.61. The van der Waals surface area contributed by atoms with Crippen molar-refractivity contribution in [2.75, 3.05) is 7.11 Å². The Kier molecular flexibility index (Phi) is 5.19. The molecule has 0 amide bonds. The van der Waals surface area contributed by atoms with Crippen molar-refractivity contribution in [2.45, 2.75) is 9.79 Å². The average molecular weight is 323 g/mol. The van der Waals surface area contributed by atoms with Gasteiger partial charge in [-0.15, -0.1) is 0 Å². The Morgan fingerprint density at radius 1 is 1.29 bits per heavy atom. The van der Waals surface area contributed by atoms with Gasteiger partial charge in [-0.25, -0.2) is 0 Å². The van der Waals surface area contributed by atoms with E-state index in [2.05, 4.69) is 9.99 Å². The summed E-state index contributed by atoms with van der Waals surface area (Å²) >= 11 is 7.13. The minimum atomic E-state index is -0.414. The Balaban J connectivity index is 2.32. The molecule has 7 heteroatoms. The number of nitrogens with zero attached hydrogens (tertiary/aromatic N) is 2. The zero-order valence-corrected chi connectivity index (χ0v) is 12.6. The molecule has 0 unspecified atom stereocenters. The molecule has 0 aliphatic heterocycles. The number of nitro benzene ring substituents is 1. The van der Waals surface area contributed by atoms with Crippen LogP contribution in [-0.2, 0) is 4.84 Å². The van der Waals surface area contributed by atoms with Crippen molar-refractivity contribution in [2.24, 2.45) is 5.16 Å². The van der Waals surface area contributed by atoms with Crippen LogP contribution in [0.3, 0.4) is 0 Å². The molecule has 0 N–H and O–H groups in total. The highest BCUT2D eigenvalue weighted by molar-refractivity contribution is 7.99. The number of halogens is 1. The van der Waals surface area contributed by atoms with Crippen LogP contribution in [0.1, 0.15) is 5.56 Å². The SMILES string of the molecule is CON=Cc1ccc(Sc2ccc(Cl)cc2)c([N+](=O)[O-])c1. The molecule has 0 heterocycles. The zero-order chi connectivity index (χ0) is 15.2. The minimum absolute atomic E-state index is 0.0232. The quantitative estimate of drug-likeness (QED) is 0.465. The van der Waals surface area contributed by atoms with Crippen molar-refractivity contribution in [1.29, 1.82) is 0 Å². The van der Waals surface area contributed by atoms with E-state index in [0.29, 0.717) is 15.5 Å². The summed E-state index contributed by atoms with van der Waals surface area (Å²) in [6.07, 6.45) is 1.42. The van der Waals surface area contributed by atoms with Gasteiger partial charge in [-0.1, -0.05) is 34.6 Å². The normalized spacial score (nSPS) is 10.8. The van der Waals surface area contributed by atoms with Gasteiger partial charge in [0.15, 0.2) is 0 Å². The van der Waals surface area contributed by atoms with Gasteiger partial charge in [0.1, 0.15) is 7.11 Å². The first-order chi connectivity index (χ1) is 10.1. The van der Waals surface area contributed by atoms with Crippen LogP contribution in [-0.4, -0.2) is 18.2 Å². The van der Waals surface area contributed by atoms with Crippen LogP contribution in [0.15, 0.2) is 57.4 Å². The fourth-order valence-electron chi connectivity index (χ4n) is 1.59. The molecule has 0 aromatic heterocycles. The lowest BCUT2D eigenvalue weighted by atomic mass is 10.2. The van der Waals surface area contributed by atoms with Gasteiger partial charge >= 0.3 is 0 Å². The average Bonchev–Trinajstić information content (AvgIpc) is 2.48. The van der Waals surface area contributed by atoms with Crippen molar-refractivity contribution in [3.63, 3.8) is 0 Å². The smallest absolute Gasteiger partial charge is 0.283 e. The molecule has 0 aliphatic carbocycles. The summed E-state index contributed by atoms with van der Waals surface area (Å²) in [6, 6.07) is 12.0. The van der Waals surface area contributed by atoms with E-state index in [9.17, 15) is 10.1 Å². The van der Waals surface area contributed by atoms with E-state index in [1.54, 1.807) is 24.3 Å². The van der Waals surface area contributed by atoms with Crippen LogP contribution in [0.2, 0.25) is 5.02 Å². The molecule has 0 saturated carbocycles. The number of benzene rings is 2. The lowest BCUT2D eigenvalue weighted by Gasteiger charge is -2.04. The molecule has 2 rings (SSSR count). The molecule has 0 radical (unpaired) electrons. The maximum atomic E-state index is 11.2. The molecule has 0 spiro atoms. The van der Waals surface area contributed by atoms with Crippen molar-refractivity contribution in [1.82, 2.24) is 0 Å². The predicted octanol–water partition coefficient (Wildman–Crippen LogP) is 4.38. The molecule has 0 aliphatic rings. The van der Waals surface area contributed by atoms with E-state index in [1.807, 2.05) is 12.1 Å². The third-order valence-electron chi connectivity index (χ3n) is 2.53. The maximum absolute atomic E-state index is 11.2. The second kappa shape index (κ2) is 7.10. The molecule has 2 aromatic rings. The van der Waals surface area contributed by atoms with Gasteiger partial charge < -0.3 is 4.84 Å². The summed E-state index contributed by atoms with van der Waals surface area (Å²) in [5, 5.41) is 15.4. The Hall–Kier alpha value is -2.05.